The van der Waals surface area contributed by atoms with Crippen molar-refractivity contribution >= 4 is 11.6 Å². The summed E-state index contributed by atoms with van der Waals surface area (Å²) in [7, 11) is 8.08. The molecule has 6 nitrogen and oxygen atoms in total. The van der Waals surface area contributed by atoms with Gasteiger partial charge in [0.05, 0.1) is 0 Å². The minimum atomic E-state index is 0.290. The number of nitrogens with zero attached hydrogens (tertiary/aromatic N) is 4. The van der Waals surface area contributed by atoms with Gasteiger partial charge in [0.15, 0.2) is 0 Å². The number of halogens is 1. The van der Waals surface area contributed by atoms with Crippen LogP contribution in [0.2, 0.25) is 0 Å². The summed E-state index contributed by atoms with van der Waals surface area (Å²) in [5.74, 6) is 1.93. The van der Waals surface area contributed by atoms with Gasteiger partial charge in [-0.25, -0.2) is 0 Å². The lowest BCUT2D eigenvalue weighted by Gasteiger charge is -2.11. The second-order valence-corrected chi connectivity index (χ2v) is 9.06. The second-order valence-electron chi connectivity index (χ2n) is 8.69. The maximum atomic E-state index is 9.09. The molecule has 2 aromatic heterocycles. The summed E-state index contributed by atoms with van der Waals surface area (Å²) in [6, 6.07) is 23.1. The molecule has 196 valence electrons. The van der Waals surface area contributed by atoms with Gasteiger partial charge in [0, 0.05) is 43.8 Å². The summed E-state index contributed by atoms with van der Waals surface area (Å²) < 4.78 is 5.65. The Morgan fingerprint density at radius 3 is 1.41 bits per heavy atom. The van der Waals surface area contributed by atoms with Crippen LogP contribution in [-0.4, -0.2) is 78.6 Å². The number of phenolic OH excluding ortho intramolecular Hbond substituents is 1. The fourth-order valence-corrected chi connectivity index (χ4v) is 3.34. The van der Waals surface area contributed by atoms with E-state index in [2.05, 4.69) is 27.0 Å². The predicted molar refractivity (Wildman–Crippen MR) is 154 cm³/mol. The van der Waals surface area contributed by atoms with Crippen molar-refractivity contribution in [3.05, 3.63) is 97.6 Å². The van der Waals surface area contributed by atoms with Crippen LogP contribution in [0.3, 0.4) is 0 Å². The summed E-state index contributed by atoms with van der Waals surface area (Å²) in [6.45, 7) is 2.61. The van der Waals surface area contributed by atoms with E-state index in [1.165, 1.54) is 11.1 Å². The first-order chi connectivity index (χ1) is 17.9. The molecule has 0 aliphatic rings. The quantitative estimate of drug-likeness (QED) is 0.290. The first-order valence-electron chi connectivity index (χ1n) is 12.1. The highest BCUT2D eigenvalue weighted by atomic mass is 35.5. The highest BCUT2D eigenvalue weighted by Gasteiger charge is 1.99. The molecule has 2 aromatic carbocycles. The van der Waals surface area contributed by atoms with Crippen LogP contribution in [0.5, 0.6) is 11.5 Å². The minimum absolute atomic E-state index is 0.290. The maximum Gasteiger partial charge on any atom is 0.119 e. The molecule has 4 rings (SSSR count). The molecular weight excluding hydrogens is 484 g/mol. The van der Waals surface area contributed by atoms with E-state index in [9.17, 15) is 0 Å². The van der Waals surface area contributed by atoms with E-state index in [1.807, 2.05) is 81.6 Å². The van der Waals surface area contributed by atoms with Crippen molar-refractivity contribution in [2.75, 3.05) is 53.8 Å². The number of alkyl halides is 1. The summed E-state index contributed by atoms with van der Waals surface area (Å²) in [6.07, 6.45) is 7.11. The number of ether oxygens (including phenoxy) is 1. The minimum Gasteiger partial charge on any atom is -0.508 e. The second kappa shape index (κ2) is 17.1. The lowest BCUT2D eigenvalue weighted by Crippen LogP contribution is -2.19. The Labute approximate surface area is 226 Å². The number of rotatable bonds is 8. The van der Waals surface area contributed by atoms with E-state index < -0.39 is 0 Å². The highest BCUT2D eigenvalue weighted by molar-refractivity contribution is 6.18. The summed E-state index contributed by atoms with van der Waals surface area (Å²) in [4.78, 5) is 12.1. The molecule has 0 saturated heterocycles. The molecule has 0 saturated carbocycles. The average molecular weight is 521 g/mol. The van der Waals surface area contributed by atoms with Gasteiger partial charge >= 0.3 is 0 Å². The molecule has 7 heteroatoms. The molecule has 1 N–H and O–H groups in total. The average Bonchev–Trinajstić information content (AvgIpc) is 2.91. The van der Waals surface area contributed by atoms with Gasteiger partial charge in [-0.15, -0.1) is 11.6 Å². The van der Waals surface area contributed by atoms with Crippen molar-refractivity contribution in [2.45, 2.75) is 0 Å². The normalized spacial score (nSPS) is 10.2. The Morgan fingerprint density at radius 2 is 1.03 bits per heavy atom. The van der Waals surface area contributed by atoms with E-state index >= 15 is 0 Å². The van der Waals surface area contributed by atoms with Crippen molar-refractivity contribution in [3.8, 4) is 33.8 Å². The van der Waals surface area contributed by atoms with Crippen molar-refractivity contribution in [2.24, 2.45) is 0 Å². The van der Waals surface area contributed by atoms with Gasteiger partial charge in [-0.2, -0.15) is 0 Å². The molecule has 2 heterocycles. The first-order valence-corrected chi connectivity index (χ1v) is 12.6. The highest BCUT2D eigenvalue weighted by Crippen LogP contribution is 2.22. The summed E-state index contributed by atoms with van der Waals surface area (Å²) >= 11 is 5.35. The molecule has 0 bridgehead atoms. The fraction of sp³-hybridized carbons (Fsp3) is 0.267. The topological polar surface area (TPSA) is 61.7 Å². The van der Waals surface area contributed by atoms with Crippen LogP contribution in [-0.2, 0) is 0 Å². The summed E-state index contributed by atoms with van der Waals surface area (Å²) in [5, 5.41) is 9.09. The smallest absolute Gasteiger partial charge is 0.119 e. The third-order valence-corrected chi connectivity index (χ3v) is 5.26. The number of aromatic hydroxyl groups is 1. The fourth-order valence-electron chi connectivity index (χ4n) is 3.00. The van der Waals surface area contributed by atoms with E-state index in [0.29, 0.717) is 6.61 Å². The number of likely N-dealkylation sites (N-methyl/N-ethyl adjacent to an activating group) is 1. The van der Waals surface area contributed by atoms with E-state index in [0.717, 1.165) is 35.8 Å². The third-order valence-electron chi connectivity index (χ3n) is 5.09. The van der Waals surface area contributed by atoms with Crippen LogP contribution in [0.4, 0.5) is 0 Å². The van der Waals surface area contributed by atoms with Crippen LogP contribution in [0.15, 0.2) is 97.6 Å². The maximum absolute atomic E-state index is 9.09. The molecule has 4 aromatic rings. The number of aromatic nitrogens is 2. The molecule has 37 heavy (non-hydrogen) atoms. The first kappa shape index (κ1) is 29.8. The van der Waals surface area contributed by atoms with Crippen LogP contribution in [0, 0.1) is 0 Å². The van der Waals surface area contributed by atoms with Gasteiger partial charge in [-0.1, -0.05) is 24.3 Å². The Bertz CT molecular complexity index is 1110. The number of benzene rings is 2. The Balaban J connectivity index is 0.000000221. The molecule has 0 unspecified atom stereocenters. The van der Waals surface area contributed by atoms with Gasteiger partial charge in [0.2, 0.25) is 0 Å². The largest absolute Gasteiger partial charge is 0.508 e. The lowest BCUT2D eigenvalue weighted by molar-refractivity contribution is 0.261. The van der Waals surface area contributed by atoms with Crippen LogP contribution < -0.4 is 4.74 Å². The number of pyridine rings is 2. The van der Waals surface area contributed by atoms with E-state index in [-0.39, 0.29) is 5.75 Å². The van der Waals surface area contributed by atoms with Crippen molar-refractivity contribution in [1.29, 1.82) is 0 Å². The van der Waals surface area contributed by atoms with Gasteiger partial charge in [0.25, 0.3) is 0 Å². The Kier molecular flexibility index (Phi) is 13.7. The van der Waals surface area contributed by atoms with Crippen LogP contribution in [0.1, 0.15) is 0 Å². The van der Waals surface area contributed by atoms with Gasteiger partial charge in [-0.05, 0) is 99.0 Å². The van der Waals surface area contributed by atoms with Gasteiger partial charge < -0.3 is 19.6 Å². The molecule has 0 aliphatic heterocycles. The van der Waals surface area contributed by atoms with Gasteiger partial charge in [0.1, 0.15) is 18.1 Å². The zero-order chi connectivity index (χ0) is 26.9. The van der Waals surface area contributed by atoms with E-state index in [1.54, 1.807) is 36.9 Å². The van der Waals surface area contributed by atoms with Crippen LogP contribution >= 0.6 is 11.6 Å². The van der Waals surface area contributed by atoms with Crippen molar-refractivity contribution in [3.63, 3.8) is 0 Å². The Hall–Kier alpha value is -3.45. The molecule has 0 amide bonds. The molecule has 0 fully saturated rings. The zero-order valence-electron chi connectivity index (χ0n) is 22.1. The Morgan fingerprint density at radius 1 is 0.622 bits per heavy atom. The van der Waals surface area contributed by atoms with E-state index in [4.69, 9.17) is 21.4 Å². The summed E-state index contributed by atoms with van der Waals surface area (Å²) in [5.41, 5.74) is 4.54. The molecule has 0 aliphatic carbocycles. The lowest BCUT2D eigenvalue weighted by atomic mass is 10.1. The number of hydrogen-bond acceptors (Lipinski definition) is 6. The predicted octanol–water partition coefficient (Wildman–Crippen LogP) is 5.93. The van der Waals surface area contributed by atoms with Crippen molar-refractivity contribution in [1.82, 2.24) is 19.8 Å². The molecule has 0 radical (unpaired) electrons. The SMILES string of the molecule is CN(C)CCCl.CN(C)CCOc1ccc(-c2ccncc2)cc1.Oc1ccc(-c2ccncc2)cc1. The standard InChI is InChI=1S/C15H18N2O.C11H9NO.C4H10ClN/c1-17(2)11-12-18-15-5-3-13(4-6-15)14-7-9-16-10-8-14;13-11-3-1-9(2-4-11)10-5-7-12-8-6-10;1-6(2)4-3-5/h3-10H,11-12H2,1-2H3;1-8,13H;3-4H2,1-2H3. The van der Waals surface area contributed by atoms with Crippen LogP contribution in [0.25, 0.3) is 22.3 Å². The third kappa shape index (κ3) is 12.4. The zero-order valence-corrected chi connectivity index (χ0v) is 22.8. The molecule has 0 atom stereocenters. The van der Waals surface area contributed by atoms with Gasteiger partial charge in [-0.3, -0.25) is 9.97 Å². The number of hydrogen-bond donors (Lipinski definition) is 1. The molecular formula is C30H37ClN4O2. The molecule has 0 spiro atoms. The number of phenols is 1. The monoisotopic (exact) mass is 520 g/mol. The van der Waals surface area contributed by atoms with Crippen molar-refractivity contribution < 1.29 is 9.84 Å².